The summed E-state index contributed by atoms with van der Waals surface area (Å²) < 4.78 is 5.50. The lowest BCUT2D eigenvalue weighted by Gasteiger charge is -2.07. The van der Waals surface area contributed by atoms with Crippen molar-refractivity contribution in [3.05, 3.63) is 35.4 Å². The van der Waals surface area contributed by atoms with Gasteiger partial charge in [0.1, 0.15) is 17.9 Å². The number of anilines is 1. The van der Waals surface area contributed by atoms with Crippen molar-refractivity contribution < 1.29 is 4.42 Å². The first kappa shape index (κ1) is 12.5. The number of nitrogens with one attached hydrogen (secondary N) is 1. The van der Waals surface area contributed by atoms with Crippen LogP contribution in [-0.4, -0.2) is 15.0 Å². The van der Waals surface area contributed by atoms with Gasteiger partial charge in [0.2, 0.25) is 5.89 Å². The maximum absolute atomic E-state index is 5.50. The van der Waals surface area contributed by atoms with E-state index in [4.69, 9.17) is 4.42 Å². The molecule has 0 unspecified atom stereocenters. The molecule has 1 N–H and O–H groups in total. The van der Waals surface area contributed by atoms with Crippen LogP contribution >= 0.6 is 0 Å². The Balaban J connectivity index is 2.03. The van der Waals surface area contributed by atoms with Crippen LogP contribution in [0.2, 0.25) is 0 Å². The average Bonchev–Trinajstić information content (AvgIpc) is 2.67. The molecule has 2 aromatic rings. The summed E-state index contributed by atoms with van der Waals surface area (Å²) in [5.41, 5.74) is 1.95. The van der Waals surface area contributed by atoms with Crippen LogP contribution in [-0.2, 0) is 6.54 Å². The van der Waals surface area contributed by atoms with Crippen LogP contribution in [0, 0.1) is 13.8 Å². The van der Waals surface area contributed by atoms with Gasteiger partial charge in [0.25, 0.3) is 0 Å². The summed E-state index contributed by atoms with van der Waals surface area (Å²) in [5.74, 6) is 2.72. The fourth-order valence-electron chi connectivity index (χ4n) is 1.57. The molecule has 0 aromatic carbocycles. The van der Waals surface area contributed by atoms with Crippen molar-refractivity contribution in [3.8, 4) is 0 Å². The predicted octanol–water partition coefficient (Wildman–Crippen LogP) is 2.82. The van der Waals surface area contributed by atoms with Crippen LogP contribution in [0.1, 0.15) is 42.8 Å². The standard InChI is InChI=1S/C13H18N4O/c1-8(2)11-5-12(16-7-15-11)14-6-13-17-9(3)10(4)18-13/h5,7-8H,6H2,1-4H3,(H,14,15,16). The van der Waals surface area contributed by atoms with E-state index < -0.39 is 0 Å². The Bertz CT molecular complexity index is 514. The molecule has 18 heavy (non-hydrogen) atoms. The van der Waals surface area contributed by atoms with Gasteiger partial charge < -0.3 is 9.73 Å². The second kappa shape index (κ2) is 5.16. The summed E-state index contributed by atoms with van der Waals surface area (Å²) in [5, 5.41) is 3.19. The van der Waals surface area contributed by atoms with E-state index in [-0.39, 0.29) is 0 Å². The summed E-state index contributed by atoms with van der Waals surface area (Å²) in [4.78, 5) is 12.7. The summed E-state index contributed by atoms with van der Waals surface area (Å²) in [6.07, 6.45) is 1.57. The molecule has 0 fully saturated rings. The average molecular weight is 246 g/mol. The normalized spacial score (nSPS) is 10.9. The minimum atomic E-state index is 0.389. The van der Waals surface area contributed by atoms with Crippen molar-refractivity contribution in [3.63, 3.8) is 0 Å². The van der Waals surface area contributed by atoms with Crippen molar-refractivity contribution in [1.29, 1.82) is 0 Å². The molecule has 0 aliphatic carbocycles. The third-order valence-corrected chi connectivity index (χ3v) is 2.77. The first-order chi connectivity index (χ1) is 8.56. The van der Waals surface area contributed by atoms with Gasteiger partial charge in [-0.1, -0.05) is 13.8 Å². The first-order valence-electron chi connectivity index (χ1n) is 6.05. The van der Waals surface area contributed by atoms with Crippen molar-refractivity contribution in [2.24, 2.45) is 0 Å². The fourth-order valence-corrected chi connectivity index (χ4v) is 1.57. The quantitative estimate of drug-likeness (QED) is 0.898. The summed E-state index contributed by atoms with van der Waals surface area (Å²) in [6.45, 7) is 8.58. The first-order valence-corrected chi connectivity index (χ1v) is 6.05. The molecule has 0 radical (unpaired) electrons. The minimum Gasteiger partial charge on any atom is -0.444 e. The van der Waals surface area contributed by atoms with Crippen LogP contribution in [0.5, 0.6) is 0 Å². The molecule has 0 aliphatic heterocycles. The Labute approximate surface area is 107 Å². The maximum atomic E-state index is 5.50. The van der Waals surface area contributed by atoms with Gasteiger partial charge in [0, 0.05) is 11.8 Å². The minimum absolute atomic E-state index is 0.389. The summed E-state index contributed by atoms with van der Waals surface area (Å²) in [7, 11) is 0. The van der Waals surface area contributed by atoms with E-state index in [0.717, 1.165) is 23.0 Å². The van der Waals surface area contributed by atoms with Gasteiger partial charge in [-0.05, 0) is 19.8 Å². The molecule has 2 rings (SSSR count). The van der Waals surface area contributed by atoms with E-state index >= 15 is 0 Å². The molecule has 5 nitrogen and oxygen atoms in total. The number of aryl methyl sites for hydroxylation is 2. The monoisotopic (exact) mass is 246 g/mol. The number of aromatic nitrogens is 3. The van der Waals surface area contributed by atoms with Gasteiger partial charge in [-0.15, -0.1) is 0 Å². The highest BCUT2D eigenvalue weighted by molar-refractivity contribution is 5.35. The Hall–Kier alpha value is -1.91. The van der Waals surface area contributed by atoms with Crippen LogP contribution < -0.4 is 5.32 Å². The van der Waals surface area contributed by atoms with Crippen LogP contribution in [0.15, 0.2) is 16.8 Å². The number of nitrogens with zero attached hydrogens (tertiary/aromatic N) is 3. The molecule has 96 valence electrons. The van der Waals surface area contributed by atoms with E-state index in [9.17, 15) is 0 Å². The van der Waals surface area contributed by atoms with Gasteiger partial charge in [0.15, 0.2) is 0 Å². The highest BCUT2D eigenvalue weighted by Gasteiger charge is 2.06. The van der Waals surface area contributed by atoms with E-state index in [1.54, 1.807) is 6.33 Å². The smallest absolute Gasteiger partial charge is 0.213 e. The van der Waals surface area contributed by atoms with Crippen molar-refractivity contribution >= 4 is 5.82 Å². The number of hydrogen-bond acceptors (Lipinski definition) is 5. The molecule has 2 heterocycles. The zero-order valence-corrected chi connectivity index (χ0v) is 11.2. The highest BCUT2D eigenvalue weighted by atomic mass is 16.4. The van der Waals surface area contributed by atoms with Crippen molar-refractivity contribution in [2.75, 3.05) is 5.32 Å². The molecule has 0 saturated heterocycles. The largest absolute Gasteiger partial charge is 0.444 e. The fraction of sp³-hybridized carbons (Fsp3) is 0.462. The van der Waals surface area contributed by atoms with E-state index in [0.29, 0.717) is 18.4 Å². The molecule has 2 aromatic heterocycles. The number of oxazole rings is 1. The predicted molar refractivity (Wildman–Crippen MR) is 69.4 cm³/mol. The highest BCUT2D eigenvalue weighted by Crippen LogP contribution is 2.15. The Morgan fingerprint density at radius 1 is 1.28 bits per heavy atom. The lowest BCUT2D eigenvalue weighted by atomic mass is 10.1. The molecule has 0 aliphatic rings. The second-order valence-electron chi connectivity index (χ2n) is 4.59. The molecule has 0 atom stereocenters. The van der Waals surface area contributed by atoms with E-state index in [1.807, 2.05) is 19.9 Å². The molecule has 0 spiro atoms. The lowest BCUT2D eigenvalue weighted by molar-refractivity contribution is 0.478. The molecule has 5 heteroatoms. The lowest BCUT2D eigenvalue weighted by Crippen LogP contribution is -2.03. The third-order valence-electron chi connectivity index (χ3n) is 2.77. The molecular formula is C13H18N4O. The van der Waals surface area contributed by atoms with Gasteiger partial charge >= 0.3 is 0 Å². The van der Waals surface area contributed by atoms with Crippen LogP contribution in [0.3, 0.4) is 0 Å². The number of rotatable bonds is 4. The zero-order valence-electron chi connectivity index (χ0n) is 11.2. The van der Waals surface area contributed by atoms with E-state index in [1.165, 1.54) is 0 Å². The van der Waals surface area contributed by atoms with Crippen LogP contribution in [0.25, 0.3) is 0 Å². The molecule has 0 saturated carbocycles. The van der Waals surface area contributed by atoms with Crippen molar-refractivity contribution in [2.45, 2.75) is 40.2 Å². The zero-order chi connectivity index (χ0) is 13.1. The maximum Gasteiger partial charge on any atom is 0.213 e. The van der Waals surface area contributed by atoms with Gasteiger partial charge in [-0.3, -0.25) is 0 Å². The van der Waals surface area contributed by atoms with Crippen LogP contribution in [0.4, 0.5) is 5.82 Å². The van der Waals surface area contributed by atoms with Gasteiger partial charge in [-0.2, -0.15) is 0 Å². The second-order valence-corrected chi connectivity index (χ2v) is 4.59. The summed E-state index contributed by atoms with van der Waals surface area (Å²) >= 11 is 0. The molecule has 0 bridgehead atoms. The number of hydrogen-bond donors (Lipinski definition) is 1. The van der Waals surface area contributed by atoms with Gasteiger partial charge in [-0.25, -0.2) is 15.0 Å². The van der Waals surface area contributed by atoms with E-state index in [2.05, 4.69) is 34.1 Å². The SMILES string of the molecule is Cc1nc(CNc2cc(C(C)C)ncn2)oc1C. The third kappa shape index (κ3) is 2.85. The Morgan fingerprint density at radius 2 is 2.06 bits per heavy atom. The Kier molecular flexibility index (Phi) is 3.60. The Morgan fingerprint density at radius 3 is 2.67 bits per heavy atom. The summed E-state index contributed by atoms with van der Waals surface area (Å²) in [6, 6.07) is 1.95. The topological polar surface area (TPSA) is 63.8 Å². The van der Waals surface area contributed by atoms with Crippen molar-refractivity contribution in [1.82, 2.24) is 15.0 Å². The molecular weight excluding hydrogens is 228 g/mol. The molecule has 0 amide bonds. The van der Waals surface area contributed by atoms with Gasteiger partial charge in [0.05, 0.1) is 12.2 Å².